The Morgan fingerprint density at radius 3 is 2.82 bits per heavy atom. The summed E-state index contributed by atoms with van der Waals surface area (Å²) in [6.45, 7) is 4.75. The highest BCUT2D eigenvalue weighted by Gasteiger charge is 2.19. The summed E-state index contributed by atoms with van der Waals surface area (Å²) in [5, 5.41) is 13.1. The second-order valence-electron chi connectivity index (χ2n) is 5.12. The highest BCUT2D eigenvalue weighted by molar-refractivity contribution is 7.99. The molecule has 0 spiro atoms. The van der Waals surface area contributed by atoms with E-state index in [1.54, 1.807) is 11.8 Å². The van der Waals surface area contributed by atoms with E-state index in [9.17, 15) is 5.11 Å². The Hall–Kier alpha value is 0.230. The van der Waals surface area contributed by atoms with Crippen LogP contribution in [0.4, 0.5) is 0 Å². The van der Waals surface area contributed by atoms with Crippen LogP contribution in [0.25, 0.3) is 0 Å². The molecule has 1 aliphatic rings. The number of hydrogen-bond donors (Lipinski definition) is 2. The summed E-state index contributed by atoms with van der Waals surface area (Å²) in [6.07, 6.45) is 7.38. The third kappa shape index (κ3) is 5.16. The number of likely N-dealkylation sites (tertiary alicyclic amines) is 1. The van der Waals surface area contributed by atoms with Gasteiger partial charge in [-0.05, 0) is 52.6 Å². The summed E-state index contributed by atoms with van der Waals surface area (Å²) in [5.41, 5.74) is 0. The lowest BCUT2D eigenvalue weighted by Gasteiger charge is -2.33. The highest BCUT2D eigenvalue weighted by atomic mass is 32.2. The summed E-state index contributed by atoms with van der Waals surface area (Å²) < 4.78 is 0. The molecular weight excluding hydrogens is 232 g/mol. The van der Waals surface area contributed by atoms with Gasteiger partial charge in [0.25, 0.3) is 0 Å². The maximum atomic E-state index is 9.22. The van der Waals surface area contributed by atoms with Gasteiger partial charge in [-0.1, -0.05) is 6.42 Å². The van der Waals surface area contributed by atoms with Crippen LogP contribution in [-0.4, -0.2) is 60.3 Å². The molecule has 102 valence electrons. The molecule has 0 radical (unpaired) electrons. The SMILES string of the molecule is CSC(CO)C(C)NCCC1CCCCN1C. The molecule has 1 rings (SSSR count). The minimum absolute atomic E-state index is 0.263. The van der Waals surface area contributed by atoms with E-state index >= 15 is 0 Å². The van der Waals surface area contributed by atoms with Crippen molar-refractivity contribution in [3.8, 4) is 0 Å². The van der Waals surface area contributed by atoms with E-state index in [1.165, 1.54) is 32.2 Å². The summed E-state index contributed by atoms with van der Waals surface area (Å²) in [5.74, 6) is 0. The van der Waals surface area contributed by atoms with Crippen molar-refractivity contribution in [3.05, 3.63) is 0 Å². The Morgan fingerprint density at radius 2 is 2.24 bits per heavy atom. The van der Waals surface area contributed by atoms with Crippen LogP contribution in [-0.2, 0) is 0 Å². The molecule has 2 N–H and O–H groups in total. The van der Waals surface area contributed by atoms with Crippen molar-refractivity contribution in [1.82, 2.24) is 10.2 Å². The van der Waals surface area contributed by atoms with Crippen molar-refractivity contribution in [2.75, 3.05) is 33.0 Å². The van der Waals surface area contributed by atoms with E-state index in [0.29, 0.717) is 11.3 Å². The first-order valence-electron chi connectivity index (χ1n) is 6.76. The summed E-state index contributed by atoms with van der Waals surface area (Å²) in [7, 11) is 2.24. The van der Waals surface area contributed by atoms with E-state index in [-0.39, 0.29) is 6.61 Å². The summed E-state index contributed by atoms with van der Waals surface area (Å²) >= 11 is 1.74. The topological polar surface area (TPSA) is 35.5 Å². The molecule has 17 heavy (non-hydrogen) atoms. The molecule has 1 aliphatic heterocycles. The molecule has 4 heteroatoms. The smallest absolute Gasteiger partial charge is 0.0564 e. The minimum atomic E-state index is 0.263. The Bertz CT molecular complexity index is 200. The average molecular weight is 260 g/mol. The Balaban J connectivity index is 2.17. The van der Waals surface area contributed by atoms with Gasteiger partial charge in [-0.25, -0.2) is 0 Å². The van der Waals surface area contributed by atoms with Crippen LogP contribution in [0.1, 0.15) is 32.6 Å². The van der Waals surface area contributed by atoms with E-state index in [4.69, 9.17) is 0 Å². The van der Waals surface area contributed by atoms with Gasteiger partial charge in [0.1, 0.15) is 0 Å². The normalized spacial score (nSPS) is 25.8. The maximum absolute atomic E-state index is 9.22. The van der Waals surface area contributed by atoms with Gasteiger partial charge in [0.15, 0.2) is 0 Å². The van der Waals surface area contributed by atoms with Gasteiger partial charge < -0.3 is 15.3 Å². The van der Waals surface area contributed by atoms with Gasteiger partial charge in [0.05, 0.1) is 6.61 Å². The van der Waals surface area contributed by atoms with Gasteiger partial charge in [0, 0.05) is 17.3 Å². The first-order valence-corrected chi connectivity index (χ1v) is 8.05. The van der Waals surface area contributed by atoms with Crippen LogP contribution < -0.4 is 5.32 Å². The van der Waals surface area contributed by atoms with Crippen molar-refractivity contribution >= 4 is 11.8 Å². The lowest BCUT2D eigenvalue weighted by Crippen LogP contribution is -2.42. The van der Waals surface area contributed by atoms with Crippen LogP contribution in [0.5, 0.6) is 0 Å². The third-order valence-electron chi connectivity index (χ3n) is 3.91. The van der Waals surface area contributed by atoms with Crippen molar-refractivity contribution in [1.29, 1.82) is 0 Å². The molecule has 0 saturated carbocycles. The lowest BCUT2D eigenvalue weighted by atomic mass is 10.00. The first-order chi connectivity index (χ1) is 8.19. The van der Waals surface area contributed by atoms with Crippen molar-refractivity contribution in [2.45, 2.75) is 49.9 Å². The number of thioether (sulfide) groups is 1. The fourth-order valence-corrected chi connectivity index (χ4v) is 3.21. The Labute approximate surface area is 110 Å². The molecule has 0 amide bonds. The zero-order chi connectivity index (χ0) is 12.7. The molecule has 0 aliphatic carbocycles. The minimum Gasteiger partial charge on any atom is -0.395 e. The number of hydrogen-bond acceptors (Lipinski definition) is 4. The second-order valence-corrected chi connectivity index (χ2v) is 6.20. The van der Waals surface area contributed by atoms with Crippen molar-refractivity contribution in [2.24, 2.45) is 0 Å². The fourth-order valence-electron chi connectivity index (χ4n) is 2.55. The predicted molar refractivity (Wildman–Crippen MR) is 76.7 cm³/mol. The molecule has 0 bridgehead atoms. The maximum Gasteiger partial charge on any atom is 0.0564 e. The van der Waals surface area contributed by atoms with Crippen LogP contribution in [0.2, 0.25) is 0 Å². The van der Waals surface area contributed by atoms with Crippen molar-refractivity contribution < 1.29 is 5.11 Å². The monoisotopic (exact) mass is 260 g/mol. The molecule has 1 saturated heterocycles. The number of nitrogens with zero attached hydrogens (tertiary/aromatic N) is 1. The van der Waals surface area contributed by atoms with Crippen LogP contribution in [0, 0.1) is 0 Å². The third-order valence-corrected chi connectivity index (χ3v) is 5.07. The molecule has 1 heterocycles. The van der Waals surface area contributed by atoms with Crippen molar-refractivity contribution in [3.63, 3.8) is 0 Å². The van der Waals surface area contributed by atoms with E-state index < -0.39 is 0 Å². The predicted octanol–water partition coefficient (Wildman–Crippen LogP) is 1.56. The Morgan fingerprint density at radius 1 is 1.47 bits per heavy atom. The van der Waals surface area contributed by atoms with Gasteiger partial charge in [-0.15, -0.1) is 0 Å². The van der Waals surface area contributed by atoms with Gasteiger partial charge in [-0.3, -0.25) is 0 Å². The van der Waals surface area contributed by atoms with Gasteiger partial charge >= 0.3 is 0 Å². The number of aliphatic hydroxyl groups excluding tert-OH is 1. The fraction of sp³-hybridized carbons (Fsp3) is 1.00. The zero-order valence-corrected chi connectivity index (χ0v) is 12.3. The lowest BCUT2D eigenvalue weighted by molar-refractivity contribution is 0.174. The molecule has 3 unspecified atom stereocenters. The quantitative estimate of drug-likeness (QED) is 0.728. The summed E-state index contributed by atoms with van der Waals surface area (Å²) in [4.78, 5) is 2.49. The Kier molecular flexibility index (Phi) is 7.51. The zero-order valence-electron chi connectivity index (χ0n) is 11.5. The van der Waals surface area contributed by atoms with Crippen LogP contribution in [0.3, 0.4) is 0 Å². The molecule has 3 nitrogen and oxygen atoms in total. The van der Waals surface area contributed by atoms with Crippen LogP contribution >= 0.6 is 11.8 Å². The average Bonchev–Trinajstić information content (AvgIpc) is 2.33. The number of piperidine rings is 1. The van der Waals surface area contributed by atoms with E-state index in [1.807, 2.05) is 0 Å². The van der Waals surface area contributed by atoms with Gasteiger partial charge in [-0.2, -0.15) is 11.8 Å². The van der Waals surface area contributed by atoms with E-state index in [2.05, 4.69) is 30.4 Å². The largest absolute Gasteiger partial charge is 0.395 e. The standard InChI is InChI=1S/C13H28N2OS/c1-11(13(10-16)17-3)14-8-7-12-6-4-5-9-15(12)2/h11-14,16H,4-10H2,1-3H3. The number of nitrogens with one attached hydrogen (secondary N) is 1. The van der Waals surface area contributed by atoms with Gasteiger partial charge in [0.2, 0.25) is 0 Å². The highest BCUT2D eigenvalue weighted by Crippen LogP contribution is 2.17. The summed E-state index contributed by atoms with van der Waals surface area (Å²) in [6, 6.07) is 1.15. The molecule has 3 atom stereocenters. The second kappa shape index (κ2) is 8.35. The van der Waals surface area contributed by atoms with E-state index in [0.717, 1.165) is 12.6 Å². The number of aliphatic hydroxyl groups is 1. The molecule has 1 fully saturated rings. The first kappa shape index (κ1) is 15.3. The van der Waals surface area contributed by atoms with Crippen LogP contribution in [0.15, 0.2) is 0 Å². The molecule has 0 aromatic carbocycles. The molecule has 0 aromatic heterocycles. The molecule has 0 aromatic rings. The molecular formula is C13H28N2OS. The number of rotatable bonds is 7.